The highest BCUT2D eigenvalue weighted by Crippen LogP contribution is 2.31. The fraction of sp³-hybridized carbons (Fsp3) is 0.571. The molecule has 2 atom stereocenters. The number of halogens is 3. The lowest BCUT2D eigenvalue weighted by molar-refractivity contribution is -0.137. The molecule has 1 aliphatic heterocycles. The molecule has 1 saturated heterocycles. The summed E-state index contributed by atoms with van der Waals surface area (Å²) in [5, 5.41) is 3.31. The Morgan fingerprint density at radius 2 is 1.89 bits per heavy atom. The molecule has 0 amide bonds. The lowest BCUT2D eigenvalue weighted by Gasteiger charge is -2.38. The van der Waals surface area contributed by atoms with Crippen molar-refractivity contribution in [1.82, 2.24) is 10.2 Å². The van der Waals surface area contributed by atoms with Gasteiger partial charge in [-0.2, -0.15) is 13.2 Å². The lowest BCUT2D eigenvalue weighted by atomic mass is 10.0. The molecule has 106 valence electrons. The molecular weight excluding hydrogens is 253 g/mol. The summed E-state index contributed by atoms with van der Waals surface area (Å²) in [6.07, 6.45) is -4.26. The van der Waals surface area contributed by atoms with Gasteiger partial charge in [0.15, 0.2) is 0 Å². The molecule has 0 radical (unpaired) electrons. The molecule has 1 aromatic carbocycles. The largest absolute Gasteiger partial charge is 0.416 e. The average molecular weight is 272 g/mol. The Morgan fingerprint density at radius 3 is 2.42 bits per heavy atom. The van der Waals surface area contributed by atoms with Gasteiger partial charge in [0.25, 0.3) is 0 Å². The number of hydrogen-bond donors (Lipinski definition) is 1. The quantitative estimate of drug-likeness (QED) is 0.890. The predicted molar refractivity (Wildman–Crippen MR) is 68.9 cm³/mol. The van der Waals surface area contributed by atoms with Crippen LogP contribution in [-0.4, -0.2) is 30.6 Å². The normalized spacial score (nSPS) is 23.3. The Morgan fingerprint density at radius 1 is 1.26 bits per heavy atom. The summed E-state index contributed by atoms with van der Waals surface area (Å²) in [6.45, 7) is 6.95. The first-order valence-corrected chi connectivity index (χ1v) is 6.53. The first-order valence-electron chi connectivity index (χ1n) is 6.53. The van der Waals surface area contributed by atoms with E-state index in [1.807, 2.05) is 6.92 Å². The molecule has 19 heavy (non-hydrogen) atoms. The van der Waals surface area contributed by atoms with E-state index in [9.17, 15) is 13.2 Å². The topological polar surface area (TPSA) is 15.3 Å². The van der Waals surface area contributed by atoms with E-state index in [0.29, 0.717) is 6.04 Å². The summed E-state index contributed by atoms with van der Waals surface area (Å²) in [6, 6.07) is 6.03. The minimum atomic E-state index is -4.26. The van der Waals surface area contributed by atoms with Gasteiger partial charge >= 0.3 is 6.18 Å². The van der Waals surface area contributed by atoms with Gasteiger partial charge in [-0.3, -0.25) is 4.90 Å². The van der Waals surface area contributed by atoms with Crippen molar-refractivity contribution in [1.29, 1.82) is 0 Å². The van der Waals surface area contributed by atoms with Crippen LogP contribution in [0.5, 0.6) is 0 Å². The maximum absolute atomic E-state index is 12.5. The second-order valence-corrected chi connectivity index (χ2v) is 5.09. The van der Waals surface area contributed by atoms with Gasteiger partial charge in [0.2, 0.25) is 0 Å². The van der Waals surface area contributed by atoms with Crippen LogP contribution >= 0.6 is 0 Å². The maximum Gasteiger partial charge on any atom is 0.416 e. The standard InChI is InChI=1S/C14H19F3N2/c1-10-9-18-7-8-19(10)11(2)12-3-5-13(6-4-12)14(15,16)17/h3-6,10-11,18H,7-9H2,1-2H3. The van der Waals surface area contributed by atoms with E-state index in [-0.39, 0.29) is 6.04 Å². The van der Waals surface area contributed by atoms with Crippen LogP contribution in [0.3, 0.4) is 0 Å². The molecule has 0 spiro atoms. The Labute approximate surface area is 111 Å². The van der Waals surface area contributed by atoms with Crippen molar-refractivity contribution >= 4 is 0 Å². The summed E-state index contributed by atoms with van der Waals surface area (Å²) in [5.74, 6) is 0. The molecule has 0 bridgehead atoms. The van der Waals surface area contributed by atoms with E-state index in [2.05, 4.69) is 17.1 Å². The van der Waals surface area contributed by atoms with Gasteiger partial charge < -0.3 is 5.32 Å². The van der Waals surface area contributed by atoms with Crippen LogP contribution in [0, 0.1) is 0 Å². The summed E-state index contributed by atoms with van der Waals surface area (Å²) in [7, 11) is 0. The van der Waals surface area contributed by atoms with E-state index in [4.69, 9.17) is 0 Å². The number of rotatable bonds is 2. The van der Waals surface area contributed by atoms with Gasteiger partial charge in [0.1, 0.15) is 0 Å². The molecule has 1 N–H and O–H groups in total. The van der Waals surface area contributed by atoms with Crippen LogP contribution in [0.2, 0.25) is 0 Å². The number of nitrogens with one attached hydrogen (secondary N) is 1. The molecule has 0 saturated carbocycles. The average Bonchev–Trinajstić information content (AvgIpc) is 2.38. The van der Waals surface area contributed by atoms with Crippen LogP contribution in [0.1, 0.15) is 31.0 Å². The Kier molecular flexibility index (Phi) is 4.16. The highest BCUT2D eigenvalue weighted by Gasteiger charge is 2.30. The van der Waals surface area contributed by atoms with E-state index in [0.717, 1.165) is 25.2 Å². The smallest absolute Gasteiger partial charge is 0.314 e. The highest BCUT2D eigenvalue weighted by molar-refractivity contribution is 5.26. The molecular formula is C14H19F3N2. The van der Waals surface area contributed by atoms with E-state index < -0.39 is 11.7 Å². The molecule has 1 fully saturated rings. The molecule has 2 nitrogen and oxygen atoms in total. The molecule has 0 aliphatic carbocycles. The maximum atomic E-state index is 12.5. The number of piperazine rings is 1. The van der Waals surface area contributed by atoms with E-state index >= 15 is 0 Å². The molecule has 5 heteroatoms. The zero-order chi connectivity index (χ0) is 14.0. The number of hydrogen-bond acceptors (Lipinski definition) is 2. The number of alkyl halides is 3. The Balaban J connectivity index is 2.13. The van der Waals surface area contributed by atoms with Crippen molar-refractivity contribution in [2.45, 2.75) is 32.1 Å². The molecule has 1 heterocycles. The van der Waals surface area contributed by atoms with Gasteiger partial charge in [-0.05, 0) is 31.5 Å². The fourth-order valence-electron chi connectivity index (χ4n) is 2.57. The lowest BCUT2D eigenvalue weighted by Crippen LogP contribution is -2.50. The van der Waals surface area contributed by atoms with Crippen molar-refractivity contribution in [3.05, 3.63) is 35.4 Å². The predicted octanol–water partition coefficient (Wildman–Crippen LogP) is 3.06. The zero-order valence-corrected chi connectivity index (χ0v) is 11.2. The molecule has 1 aromatic rings. The summed E-state index contributed by atoms with van der Waals surface area (Å²) >= 11 is 0. The van der Waals surface area contributed by atoms with Crippen LogP contribution in [0.15, 0.2) is 24.3 Å². The van der Waals surface area contributed by atoms with Gasteiger partial charge in [-0.1, -0.05) is 12.1 Å². The molecule has 2 rings (SSSR count). The zero-order valence-electron chi connectivity index (χ0n) is 11.2. The third-order valence-electron chi connectivity index (χ3n) is 3.77. The van der Waals surface area contributed by atoms with Crippen molar-refractivity contribution < 1.29 is 13.2 Å². The number of nitrogens with zero attached hydrogens (tertiary/aromatic N) is 1. The minimum Gasteiger partial charge on any atom is -0.314 e. The third kappa shape index (κ3) is 3.28. The van der Waals surface area contributed by atoms with Crippen molar-refractivity contribution in [3.8, 4) is 0 Å². The third-order valence-corrected chi connectivity index (χ3v) is 3.77. The highest BCUT2D eigenvalue weighted by atomic mass is 19.4. The van der Waals surface area contributed by atoms with Crippen LogP contribution in [-0.2, 0) is 6.18 Å². The fourth-order valence-corrected chi connectivity index (χ4v) is 2.57. The summed E-state index contributed by atoms with van der Waals surface area (Å²) in [5.41, 5.74) is 0.346. The van der Waals surface area contributed by atoms with Gasteiger partial charge in [0, 0.05) is 31.7 Å². The molecule has 0 aromatic heterocycles. The van der Waals surface area contributed by atoms with Crippen molar-refractivity contribution in [3.63, 3.8) is 0 Å². The number of benzene rings is 1. The van der Waals surface area contributed by atoms with Gasteiger partial charge in [-0.25, -0.2) is 0 Å². The second kappa shape index (κ2) is 5.51. The summed E-state index contributed by atoms with van der Waals surface area (Å²) in [4.78, 5) is 2.32. The summed E-state index contributed by atoms with van der Waals surface area (Å²) < 4.78 is 37.6. The Hall–Kier alpha value is -1.07. The second-order valence-electron chi connectivity index (χ2n) is 5.09. The van der Waals surface area contributed by atoms with E-state index in [1.165, 1.54) is 12.1 Å². The molecule has 2 unspecified atom stereocenters. The van der Waals surface area contributed by atoms with E-state index in [1.54, 1.807) is 12.1 Å². The van der Waals surface area contributed by atoms with Crippen molar-refractivity contribution in [2.75, 3.05) is 19.6 Å². The first kappa shape index (κ1) is 14.3. The first-order chi connectivity index (χ1) is 8.89. The minimum absolute atomic E-state index is 0.138. The van der Waals surface area contributed by atoms with Crippen molar-refractivity contribution in [2.24, 2.45) is 0 Å². The van der Waals surface area contributed by atoms with Gasteiger partial charge in [0.05, 0.1) is 5.56 Å². The van der Waals surface area contributed by atoms with Gasteiger partial charge in [-0.15, -0.1) is 0 Å². The van der Waals surface area contributed by atoms with Crippen LogP contribution < -0.4 is 5.32 Å². The SMILES string of the molecule is CC1CNCCN1C(C)c1ccc(C(F)(F)F)cc1. The Bertz CT molecular complexity index is 414. The van der Waals surface area contributed by atoms with Crippen LogP contribution in [0.25, 0.3) is 0 Å². The van der Waals surface area contributed by atoms with Crippen LogP contribution in [0.4, 0.5) is 13.2 Å². The monoisotopic (exact) mass is 272 g/mol. The molecule has 1 aliphatic rings.